The van der Waals surface area contributed by atoms with Gasteiger partial charge in [0.15, 0.2) is 5.78 Å². The number of Topliss-reactive ketones (excluding diaryl/α,β-unsaturated/α-hetero) is 1. The number of hydrogen-bond donors (Lipinski definition) is 1. The Morgan fingerprint density at radius 2 is 1.65 bits per heavy atom. The van der Waals surface area contributed by atoms with Crippen molar-refractivity contribution in [1.82, 2.24) is 5.32 Å². The number of hydrogen-bond acceptors (Lipinski definition) is 2. The summed E-state index contributed by atoms with van der Waals surface area (Å²) in [6, 6.07) is 9.69. The zero-order chi connectivity index (χ0) is 19.9. The Morgan fingerprint density at radius 1 is 1.08 bits per heavy atom. The van der Waals surface area contributed by atoms with Crippen molar-refractivity contribution >= 4 is 17.3 Å². The topological polar surface area (TPSA) is 46.2 Å². The summed E-state index contributed by atoms with van der Waals surface area (Å²) < 4.78 is 0. The van der Waals surface area contributed by atoms with Crippen molar-refractivity contribution in [1.29, 1.82) is 0 Å². The molecule has 0 aliphatic heterocycles. The number of carbonyl (C=O) groups excluding carboxylic acids is 2. The maximum absolute atomic E-state index is 12.8. The van der Waals surface area contributed by atoms with Crippen LogP contribution < -0.4 is 5.32 Å². The molecular formula is C23H29NO2. The molecule has 1 aromatic rings. The number of carbonyl (C=O) groups is 2. The fourth-order valence-corrected chi connectivity index (χ4v) is 2.38. The van der Waals surface area contributed by atoms with E-state index in [0.29, 0.717) is 23.1 Å². The van der Waals surface area contributed by atoms with Crippen LogP contribution in [0.3, 0.4) is 0 Å². The molecule has 1 amide bonds. The first-order chi connectivity index (χ1) is 12.0. The fourth-order valence-electron chi connectivity index (χ4n) is 2.38. The summed E-state index contributed by atoms with van der Waals surface area (Å²) in [6.45, 7) is 15.9. The van der Waals surface area contributed by atoms with E-state index >= 15 is 0 Å². The first-order valence-electron chi connectivity index (χ1n) is 8.64. The summed E-state index contributed by atoms with van der Waals surface area (Å²) in [5.41, 5.74) is 3.13. The Morgan fingerprint density at radius 3 is 2.15 bits per heavy atom. The van der Waals surface area contributed by atoms with E-state index in [1.54, 1.807) is 26.1 Å². The molecule has 3 nitrogen and oxygen atoms in total. The van der Waals surface area contributed by atoms with E-state index in [9.17, 15) is 9.59 Å². The van der Waals surface area contributed by atoms with Crippen LogP contribution in [-0.4, -0.2) is 18.7 Å². The van der Waals surface area contributed by atoms with Gasteiger partial charge in [-0.1, -0.05) is 64.3 Å². The molecule has 1 aromatic carbocycles. The quantitative estimate of drug-likeness (QED) is 0.562. The zero-order valence-corrected chi connectivity index (χ0v) is 16.5. The summed E-state index contributed by atoms with van der Waals surface area (Å²) in [6.07, 6.45) is 3.72. The van der Waals surface area contributed by atoms with Crippen LogP contribution >= 0.6 is 0 Å². The predicted molar refractivity (Wildman–Crippen MR) is 110 cm³/mol. The van der Waals surface area contributed by atoms with Crippen LogP contribution in [0.5, 0.6) is 0 Å². The minimum absolute atomic E-state index is 0.0252. The summed E-state index contributed by atoms with van der Waals surface area (Å²) in [5.74, 6) is -0.241. The SMILES string of the molecule is C=C(/C=C(\C=C(/C)C(=O)NC)C(=O)CC(C)(C)C)C(=C)c1ccccc1. The Kier molecular flexibility index (Phi) is 7.51. The average molecular weight is 351 g/mol. The number of allylic oxidation sites excluding steroid dienone is 5. The van der Waals surface area contributed by atoms with E-state index in [1.807, 2.05) is 51.1 Å². The second-order valence-corrected chi connectivity index (χ2v) is 7.54. The predicted octanol–water partition coefficient (Wildman–Crippen LogP) is 4.88. The minimum Gasteiger partial charge on any atom is -0.355 e. The lowest BCUT2D eigenvalue weighted by molar-refractivity contribution is -0.117. The molecule has 0 bridgehead atoms. The molecule has 0 fully saturated rings. The van der Waals surface area contributed by atoms with Crippen LogP contribution in [0.1, 0.15) is 39.7 Å². The summed E-state index contributed by atoms with van der Waals surface area (Å²) in [4.78, 5) is 24.6. The third kappa shape index (κ3) is 6.67. The molecule has 0 radical (unpaired) electrons. The minimum atomic E-state index is -0.216. The van der Waals surface area contributed by atoms with Crippen LogP contribution in [0, 0.1) is 5.41 Å². The highest BCUT2D eigenvalue weighted by atomic mass is 16.1. The Balaban J connectivity index is 3.24. The van der Waals surface area contributed by atoms with Crippen molar-refractivity contribution in [3.05, 3.63) is 77.9 Å². The number of likely N-dealkylation sites (N-methyl/N-ethyl adjacent to an activating group) is 1. The van der Waals surface area contributed by atoms with Crippen LogP contribution in [-0.2, 0) is 9.59 Å². The van der Waals surface area contributed by atoms with E-state index in [-0.39, 0.29) is 17.1 Å². The normalized spacial score (nSPS) is 12.5. The smallest absolute Gasteiger partial charge is 0.246 e. The van der Waals surface area contributed by atoms with Crippen molar-refractivity contribution in [2.75, 3.05) is 7.05 Å². The maximum atomic E-state index is 12.8. The van der Waals surface area contributed by atoms with Crippen LogP contribution in [0.4, 0.5) is 0 Å². The van der Waals surface area contributed by atoms with Gasteiger partial charge in [0.2, 0.25) is 5.91 Å². The van der Waals surface area contributed by atoms with Gasteiger partial charge >= 0.3 is 0 Å². The van der Waals surface area contributed by atoms with Gasteiger partial charge in [0.1, 0.15) is 0 Å². The van der Waals surface area contributed by atoms with Crippen molar-refractivity contribution in [2.45, 2.75) is 34.1 Å². The van der Waals surface area contributed by atoms with Crippen LogP contribution in [0.2, 0.25) is 0 Å². The highest BCUT2D eigenvalue weighted by molar-refractivity contribution is 6.02. The van der Waals surface area contributed by atoms with E-state index in [0.717, 1.165) is 11.1 Å². The van der Waals surface area contributed by atoms with Gasteiger partial charge in [-0.15, -0.1) is 0 Å². The first kappa shape index (κ1) is 21.4. The Bertz CT molecular complexity index is 759. The van der Waals surface area contributed by atoms with Crippen molar-refractivity contribution < 1.29 is 9.59 Å². The molecule has 0 aliphatic carbocycles. The lowest BCUT2D eigenvalue weighted by Gasteiger charge is -2.18. The second-order valence-electron chi connectivity index (χ2n) is 7.54. The van der Waals surface area contributed by atoms with Gasteiger partial charge in [-0.3, -0.25) is 9.59 Å². The molecule has 0 unspecified atom stereocenters. The van der Waals surface area contributed by atoms with Gasteiger partial charge in [-0.2, -0.15) is 0 Å². The lowest BCUT2D eigenvalue weighted by atomic mass is 9.86. The average Bonchev–Trinajstić information content (AvgIpc) is 2.58. The molecule has 3 heteroatoms. The molecule has 0 aliphatic rings. The van der Waals surface area contributed by atoms with Crippen LogP contribution in [0.25, 0.3) is 5.57 Å². The zero-order valence-electron chi connectivity index (χ0n) is 16.5. The fraction of sp³-hybridized carbons (Fsp3) is 0.304. The maximum Gasteiger partial charge on any atom is 0.246 e. The summed E-state index contributed by atoms with van der Waals surface area (Å²) in [5, 5.41) is 2.57. The molecule has 0 saturated heterocycles. The third-order valence-electron chi connectivity index (χ3n) is 3.81. The Hall–Kier alpha value is -2.68. The molecule has 0 heterocycles. The van der Waals surface area contributed by atoms with Gasteiger partial charge in [-0.05, 0) is 41.2 Å². The molecule has 0 atom stereocenters. The number of rotatable bonds is 7. The van der Waals surface area contributed by atoms with E-state index in [4.69, 9.17) is 0 Å². The third-order valence-corrected chi connectivity index (χ3v) is 3.81. The monoisotopic (exact) mass is 351 g/mol. The van der Waals surface area contributed by atoms with Crippen molar-refractivity contribution in [3.63, 3.8) is 0 Å². The van der Waals surface area contributed by atoms with Gasteiger partial charge in [-0.25, -0.2) is 0 Å². The second kappa shape index (κ2) is 9.14. The number of benzene rings is 1. The van der Waals surface area contributed by atoms with Gasteiger partial charge in [0, 0.05) is 24.6 Å². The standard InChI is InChI=1S/C23H29NO2/c1-16(18(3)19-11-9-8-10-12-19)13-20(14-17(2)22(26)24-7)21(25)15-23(4,5)6/h8-14H,1,3,15H2,2,4-7H3,(H,24,26)/b17-14+,20-13+. The molecule has 138 valence electrons. The van der Waals surface area contributed by atoms with Gasteiger partial charge in [0.25, 0.3) is 0 Å². The van der Waals surface area contributed by atoms with Crippen molar-refractivity contribution in [3.8, 4) is 0 Å². The number of nitrogens with one attached hydrogen (secondary N) is 1. The highest BCUT2D eigenvalue weighted by Crippen LogP contribution is 2.26. The molecule has 1 N–H and O–H groups in total. The van der Waals surface area contributed by atoms with Gasteiger partial charge in [0.05, 0.1) is 0 Å². The number of amides is 1. The van der Waals surface area contributed by atoms with E-state index < -0.39 is 0 Å². The molecule has 0 aromatic heterocycles. The summed E-state index contributed by atoms with van der Waals surface area (Å²) >= 11 is 0. The van der Waals surface area contributed by atoms with E-state index in [1.165, 1.54) is 0 Å². The lowest BCUT2D eigenvalue weighted by Crippen LogP contribution is -2.19. The first-order valence-corrected chi connectivity index (χ1v) is 8.64. The molecule has 1 rings (SSSR count). The number of ketones is 1. The molecule has 0 spiro atoms. The molecular weight excluding hydrogens is 322 g/mol. The molecule has 26 heavy (non-hydrogen) atoms. The summed E-state index contributed by atoms with van der Waals surface area (Å²) in [7, 11) is 1.57. The largest absolute Gasteiger partial charge is 0.355 e. The van der Waals surface area contributed by atoms with Crippen LogP contribution in [0.15, 0.2) is 72.4 Å². The van der Waals surface area contributed by atoms with Crippen molar-refractivity contribution in [2.24, 2.45) is 5.41 Å². The van der Waals surface area contributed by atoms with E-state index in [2.05, 4.69) is 18.5 Å². The van der Waals surface area contributed by atoms with Gasteiger partial charge < -0.3 is 5.32 Å². The Labute approximate surface area is 157 Å². The highest BCUT2D eigenvalue weighted by Gasteiger charge is 2.19. The molecule has 0 saturated carbocycles.